The van der Waals surface area contributed by atoms with E-state index in [2.05, 4.69) is 37.1 Å². The molecule has 0 spiro atoms. The van der Waals surface area contributed by atoms with Gasteiger partial charge in [-0.15, -0.1) is 0 Å². The van der Waals surface area contributed by atoms with Crippen LogP contribution in [-0.2, 0) is 6.18 Å². The van der Waals surface area contributed by atoms with Gasteiger partial charge in [-0.2, -0.15) is 22.7 Å². The molecule has 0 aromatic carbocycles. The molecule has 1 aliphatic rings. The molecule has 0 radical (unpaired) electrons. The molecule has 1 N–H and O–H groups in total. The topological polar surface area (TPSA) is 87.9 Å². The van der Waals surface area contributed by atoms with Crippen molar-refractivity contribution in [2.24, 2.45) is 5.92 Å². The van der Waals surface area contributed by atoms with Crippen LogP contribution < -0.4 is 4.90 Å². The molecule has 0 saturated carbocycles. The van der Waals surface area contributed by atoms with Crippen molar-refractivity contribution in [3.63, 3.8) is 0 Å². The van der Waals surface area contributed by atoms with Crippen LogP contribution in [0.3, 0.4) is 0 Å². The number of imidazole rings is 1. The predicted octanol–water partition coefficient (Wildman–Crippen LogP) is 3.70. The molecule has 2 atom stereocenters. The number of halogens is 4. The standard InChI is InChI=1S/C20H18F4N8/c1-11-4-12(13-5-28-30-18(13)21)9-31(8-11)19-25-3-2-14(29-19)15-6-27-17-7-26-16(10-32(15)17)20(22,23)24/h2-3,5-7,10-12H,4,8-9H2,1H3,(H,28,30)/t11-,12+/m1/s1. The van der Waals surface area contributed by atoms with Gasteiger partial charge in [0.25, 0.3) is 0 Å². The highest BCUT2D eigenvalue weighted by atomic mass is 19.4. The fourth-order valence-corrected chi connectivity index (χ4v) is 4.17. The molecule has 4 aromatic heterocycles. The molecule has 0 amide bonds. The van der Waals surface area contributed by atoms with Crippen LogP contribution in [0, 0.1) is 11.9 Å². The molecule has 0 unspecified atom stereocenters. The number of fused-ring (bicyclic) bond motifs is 1. The molecule has 1 saturated heterocycles. The summed E-state index contributed by atoms with van der Waals surface area (Å²) in [6.45, 7) is 3.24. The lowest BCUT2D eigenvalue weighted by Crippen LogP contribution is -2.39. The van der Waals surface area contributed by atoms with Gasteiger partial charge >= 0.3 is 6.18 Å². The molecule has 5 rings (SSSR count). The quantitative estimate of drug-likeness (QED) is 0.483. The highest BCUT2D eigenvalue weighted by Crippen LogP contribution is 2.33. The fourth-order valence-electron chi connectivity index (χ4n) is 4.17. The van der Waals surface area contributed by atoms with E-state index in [-0.39, 0.29) is 17.5 Å². The minimum atomic E-state index is -4.58. The number of nitrogens with zero attached hydrogens (tertiary/aromatic N) is 7. The number of aromatic nitrogens is 7. The van der Waals surface area contributed by atoms with Gasteiger partial charge in [0.05, 0.1) is 30.0 Å². The third kappa shape index (κ3) is 3.65. The Kier molecular flexibility index (Phi) is 4.79. The third-order valence-corrected chi connectivity index (χ3v) is 5.59. The summed E-state index contributed by atoms with van der Waals surface area (Å²) in [6, 6.07) is 1.61. The lowest BCUT2D eigenvalue weighted by Gasteiger charge is -2.36. The molecule has 166 valence electrons. The highest BCUT2D eigenvalue weighted by molar-refractivity contribution is 5.60. The monoisotopic (exact) mass is 446 g/mol. The maximum Gasteiger partial charge on any atom is 0.434 e. The largest absolute Gasteiger partial charge is 0.434 e. The smallest absolute Gasteiger partial charge is 0.340 e. The molecule has 32 heavy (non-hydrogen) atoms. The molecule has 1 fully saturated rings. The summed E-state index contributed by atoms with van der Waals surface area (Å²) >= 11 is 0. The number of piperidine rings is 1. The van der Waals surface area contributed by atoms with Gasteiger partial charge in [0.1, 0.15) is 0 Å². The van der Waals surface area contributed by atoms with Crippen molar-refractivity contribution in [1.29, 1.82) is 0 Å². The van der Waals surface area contributed by atoms with Gasteiger partial charge in [0, 0.05) is 37.0 Å². The molecular weight excluding hydrogens is 428 g/mol. The molecule has 12 heteroatoms. The van der Waals surface area contributed by atoms with Crippen LogP contribution in [-0.4, -0.2) is 47.6 Å². The molecule has 1 aliphatic heterocycles. The second-order valence-corrected chi connectivity index (χ2v) is 7.97. The number of H-pyrrole nitrogens is 1. The predicted molar refractivity (Wildman–Crippen MR) is 106 cm³/mol. The number of rotatable bonds is 3. The van der Waals surface area contributed by atoms with Crippen molar-refractivity contribution in [2.75, 3.05) is 18.0 Å². The molecule has 4 aromatic rings. The maximum absolute atomic E-state index is 14.0. The van der Waals surface area contributed by atoms with E-state index in [1.165, 1.54) is 16.8 Å². The molecular formula is C20H18F4N8. The van der Waals surface area contributed by atoms with Crippen molar-refractivity contribution in [2.45, 2.75) is 25.4 Å². The molecule has 0 bridgehead atoms. The van der Waals surface area contributed by atoms with E-state index in [0.29, 0.717) is 36.0 Å². The van der Waals surface area contributed by atoms with Crippen LogP contribution >= 0.6 is 0 Å². The molecule has 5 heterocycles. The van der Waals surface area contributed by atoms with Gasteiger partial charge in [-0.3, -0.25) is 9.50 Å². The second-order valence-electron chi connectivity index (χ2n) is 7.97. The summed E-state index contributed by atoms with van der Waals surface area (Å²) in [4.78, 5) is 18.5. The Balaban J connectivity index is 1.49. The summed E-state index contributed by atoms with van der Waals surface area (Å²) in [5.41, 5.74) is 0.584. The zero-order valence-corrected chi connectivity index (χ0v) is 16.9. The number of nitrogens with one attached hydrogen (secondary N) is 1. The second kappa shape index (κ2) is 7.53. The first-order valence-corrected chi connectivity index (χ1v) is 9.97. The number of aromatic amines is 1. The van der Waals surface area contributed by atoms with Gasteiger partial charge in [-0.05, 0) is 18.4 Å². The minimum Gasteiger partial charge on any atom is -0.340 e. The average Bonchev–Trinajstić information content (AvgIpc) is 3.38. The zero-order valence-electron chi connectivity index (χ0n) is 16.9. The Labute approximate surface area is 179 Å². The Morgan fingerprint density at radius 1 is 1.09 bits per heavy atom. The van der Waals surface area contributed by atoms with E-state index in [9.17, 15) is 17.6 Å². The van der Waals surface area contributed by atoms with E-state index >= 15 is 0 Å². The first kappa shape index (κ1) is 20.3. The fraction of sp³-hybridized carbons (Fsp3) is 0.350. The first-order chi connectivity index (χ1) is 15.3. The van der Waals surface area contributed by atoms with E-state index in [1.54, 1.807) is 12.3 Å². The lowest BCUT2D eigenvalue weighted by molar-refractivity contribution is -0.141. The van der Waals surface area contributed by atoms with Crippen LogP contribution in [0.15, 0.2) is 37.1 Å². The van der Waals surface area contributed by atoms with Gasteiger partial charge in [-0.1, -0.05) is 6.92 Å². The van der Waals surface area contributed by atoms with E-state index in [1.807, 2.05) is 4.90 Å². The molecule has 0 aliphatic carbocycles. The number of anilines is 1. The Bertz CT molecular complexity index is 1260. The maximum atomic E-state index is 14.0. The van der Waals surface area contributed by atoms with Crippen molar-refractivity contribution in [3.8, 4) is 11.4 Å². The average molecular weight is 446 g/mol. The van der Waals surface area contributed by atoms with Crippen molar-refractivity contribution in [3.05, 3.63) is 54.3 Å². The van der Waals surface area contributed by atoms with Crippen LogP contribution in [0.5, 0.6) is 0 Å². The minimum absolute atomic E-state index is 0.0824. The summed E-state index contributed by atoms with van der Waals surface area (Å²) in [7, 11) is 0. The van der Waals surface area contributed by atoms with E-state index in [0.717, 1.165) is 18.8 Å². The number of alkyl halides is 3. The normalized spacial score (nSPS) is 19.6. The van der Waals surface area contributed by atoms with Crippen molar-refractivity contribution in [1.82, 2.24) is 34.5 Å². The lowest BCUT2D eigenvalue weighted by atomic mass is 9.87. The highest BCUT2D eigenvalue weighted by Gasteiger charge is 2.33. The summed E-state index contributed by atoms with van der Waals surface area (Å²) < 4.78 is 54.7. The van der Waals surface area contributed by atoms with E-state index < -0.39 is 17.8 Å². The third-order valence-electron chi connectivity index (χ3n) is 5.59. The molecule has 8 nitrogen and oxygen atoms in total. The zero-order chi connectivity index (χ0) is 22.5. The van der Waals surface area contributed by atoms with Gasteiger partial charge in [0.2, 0.25) is 11.9 Å². The van der Waals surface area contributed by atoms with Gasteiger partial charge in [-0.25, -0.2) is 19.9 Å². The van der Waals surface area contributed by atoms with Crippen LogP contribution in [0.2, 0.25) is 0 Å². The van der Waals surface area contributed by atoms with Crippen LogP contribution in [0.1, 0.15) is 30.5 Å². The summed E-state index contributed by atoms with van der Waals surface area (Å²) in [5, 5.41) is 6.11. The number of hydrogen-bond acceptors (Lipinski definition) is 6. The number of hydrogen-bond donors (Lipinski definition) is 1. The SMILES string of the molecule is C[C@@H]1C[C@H](c2cn[nH]c2F)CN(c2nccc(-c3cnc4cnc(C(F)(F)F)cn34)n2)C1. The van der Waals surface area contributed by atoms with Crippen LogP contribution in [0.4, 0.5) is 23.5 Å². The first-order valence-electron chi connectivity index (χ1n) is 9.97. The Morgan fingerprint density at radius 3 is 2.69 bits per heavy atom. The summed E-state index contributed by atoms with van der Waals surface area (Å²) in [6.07, 6.45) is 2.70. The Hall–Kier alpha value is -3.57. The van der Waals surface area contributed by atoms with Gasteiger partial charge < -0.3 is 4.90 Å². The van der Waals surface area contributed by atoms with Crippen molar-refractivity contribution >= 4 is 11.6 Å². The Morgan fingerprint density at radius 2 is 1.94 bits per heavy atom. The summed E-state index contributed by atoms with van der Waals surface area (Å²) in [5.74, 6) is 0.147. The van der Waals surface area contributed by atoms with Gasteiger partial charge in [0.15, 0.2) is 11.3 Å². The van der Waals surface area contributed by atoms with E-state index in [4.69, 9.17) is 0 Å². The van der Waals surface area contributed by atoms with Crippen LogP contribution in [0.25, 0.3) is 17.0 Å². The van der Waals surface area contributed by atoms with Crippen molar-refractivity contribution < 1.29 is 17.6 Å².